The van der Waals surface area contributed by atoms with Gasteiger partial charge in [0, 0.05) is 0 Å². The molecular formula is C5H8OTe. The minimum absolute atomic E-state index is 0.321. The van der Waals surface area contributed by atoms with Crippen LogP contribution in [0.4, 0.5) is 0 Å². The fourth-order valence-corrected chi connectivity index (χ4v) is 3.31. The van der Waals surface area contributed by atoms with Crippen LogP contribution in [0.5, 0.6) is 0 Å². The number of rotatable bonds is 0. The monoisotopic (exact) mass is 214 g/mol. The van der Waals surface area contributed by atoms with Crippen molar-refractivity contribution >= 4 is 26.7 Å². The second-order valence-electron chi connectivity index (χ2n) is 1.65. The summed E-state index contributed by atoms with van der Waals surface area (Å²) in [6, 6.07) is 0. The van der Waals surface area contributed by atoms with Gasteiger partial charge in [-0.15, -0.1) is 0 Å². The van der Waals surface area contributed by atoms with E-state index in [9.17, 15) is 4.79 Å². The van der Waals surface area contributed by atoms with Crippen molar-refractivity contribution < 1.29 is 4.79 Å². The van der Waals surface area contributed by atoms with Gasteiger partial charge < -0.3 is 0 Å². The second-order valence-corrected chi connectivity index (χ2v) is 5.15. The predicted molar refractivity (Wildman–Crippen MR) is 29.6 cm³/mol. The van der Waals surface area contributed by atoms with Crippen LogP contribution in [0.25, 0.3) is 0 Å². The molecule has 7 heavy (non-hydrogen) atoms. The Hall–Kier alpha value is 0.460. The molecule has 0 aromatic heterocycles. The van der Waals surface area contributed by atoms with Crippen LogP contribution in [-0.4, -0.2) is 26.7 Å². The van der Waals surface area contributed by atoms with Crippen molar-refractivity contribution in [3.8, 4) is 0 Å². The van der Waals surface area contributed by atoms with E-state index in [1.54, 1.807) is 0 Å². The molecule has 0 spiro atoms. The van der Waals surface area contributed by atoms with Gasteiger partial charge in [-0.3, -0.25) is 0 Å². The van der Waals surface area contributed by atoms with Gasteiger partial charge >= 0.3 is 53.3 Å². The van der Waals surface area contributed by atoms with Gasteiger partial charge in [0.1, 0.15) is 0 Å². The van der Waals surface area contributed by atoms with Gasteiger partial charge in [0.2, 0.25) is 0 Å². The normalized spacial score (nSPS) is 22.6. The topological polar surface area (TPSA) is 17.1 Å². The van der Waals surface area contributed by atoms with E-state index in [1.807, 2.05) is 0 Å². The molecule has 0 bridgehead atoms. The summed E-state index contributed by atoms with van der Waals surface area (Å²) in [5.74, 6) is 0.497. The van der Waals surface area contributed by atoms with Crippen molar-refractivity contribution in [1.82, 2.24) is 0 Å². The first-order chi connectivity index (χ1) is 3.39. The molecular weight excluding hydrogens is 204 g/mol. The average Bonchev–Trinajstić information content (AvgIpc) is 1.69. The van der Waals surface area contributed by atoms with E-state index in [4.69, 9.17) is 0 Å². The Labute approximate surface area is 53.6 Å². The third-order valence-corrected chi connectivity index (χ3v) is 3.86. The SMILES string of the molecule is O=C1CC[Te]CC1. The fourth-order valence-electron chi connectivity index (χ4n) is 0.599. The summed E-state index contributed by atoms with van der Waals surface area (Å²) in [6.07, 6.45) is 1.81. The summed E-state index contributed by atoms with van der Waals surface area (Å²) in [6.45, 7) is 0. The molecule has 1 rings (SSSR count). The molecule has 1 fully saturated rings. The minimum atomic E-state index is 0.321. The molecule has 0 amide bonds. The molecule has 2 heteroatoms. The van der Waals surface area contributed by atoms with Crippen molar-refractivity contribution in [3.05, 3.63) is 0 Å². The first-order valence-electron chi connectivity index (χ1n) is 2.49. The number of carbonyl (C=O) groups excluding carboxylic acids is 1. The molecule has 0 saturated carbocycles. The quantitative estimate of drug-likeness (QED) is 0.544. The Bertz CT molecular complexity index is 72.1. The second kappa shape index (κ2) is 2.69. The van der Waals surface area contributed by atoms with E-state index >= 15 is 0 Å². The summed E-state index contributed by atoms with van der Waals surface area (Å²) in [4.78, 5) is 10.5. The molecule has 40 valence electrons. The molecule has 0 radical (unpaired) electrons. The van der Waals surface area contributed by atoms with Gasteiger partial charge in [0.15, 0.2) is 0 Å². The number of hydrogen-bond acceptors (Lipinski definition) is 1. The van der Waals surface area contributed by atoms with Crippen LogP contribution in [0, 0.1) is 0 Å². The Morgan fingerprint density at radius 1 is 1.29 bits per heavy atom. The zero-order valence-electron chi connectivity index (χ0n) is 4.14. The van der Waals surface area contributed by atoms with Crippen molar-refractivity contribution in [2.24, 2.45) is 0 Å². The molecule has 1 nitrogen and oxygen atoms in total. The van der Waals surface area contributed by atoms with Gasteiger partial charge in [0.05, 0.1) is 0 Å². The number of ketones is 1. The Morgan fingerprint density at radius 2 is 1.86 bits per heavy atom. The molecule has 0 aromatic rings. The summed E-state index contributed by atoms with van der Waals surface area (Å²) in [5, 5.41) is 0. The fraction of sp³-hybridized carbons (Fsp3) is 0.800. The van der Waals surface area contributed by atoms with Gasteiger partial charge in [-0.05, 0) is 0 Å². The van der Waals surface area contributed by atoms with Gasteiger partial charge in [-0.2, -0.15) is 0 Å². The first kappa shape index (κ1) is 5.59. The van der Waals surface area contributed by atoms with Crippen LogP contribution in [0.2, 0.25) is 8.94 Å². The van der Waals surface area contributed by atoms with Gasteiger partial charge in [0.25, 0.3) is 0 Å². The summed E-state index contributed by atoms with van der Waals surface area (Å²) < 4.78 is 2.54. The number of Topliss-reactive ketones (excluding diaryl/α,β-unsaturated/α-hetero) is 1. The van der Waals surface area contributed by atoms with E-state index in [0.29, 0.717) is 26.7 Å². The Kier molecular flexibility index (Phi) is 2.15. The summed E-state index contributed by atoms with van der Waals surface area (Å²) in [7, 11) is 0. The van der Waals surface area contributed by atoms with Crippen molar-refractivity contribution in [3.63, 3.8) is 0 Å². The molecule has 1 aliphatic rings. The molecule has 0 aliphatic carbocycles. The molecule has 1 saturated heterocycles. The molecule has 1 aliphatic heterocycles. The van der Waals surface area contributed by atoms with Crippen LogP contribution in [0.15, 0.2) is 0 Å². The zero-order valence-corrected chi connectivity index (χ0v) is 6.48. The van der Waals surface area contributed by atoms with Crippen LogP contribution >= 0.6 is 0 Å². The van der Waals surface area contributed by atoms with Crippen molar-refractivity contribution in [2.45, 2.75) is 21.8 Å². The van der Waals surface area contributed by atoms with Gasteiger partial charge in [-0.25, -0.2) is 0 Å². The van der Waals surface area contributed by atoms with Crippen LogP contribution in [-0.2, 0) is 4.79 Å². The summed E-state index contributed by atoms with van der Waals surface area (Å²) in [5.41, 5.74) is 0. The maximum absolute atomic E-state index is 10.5. The first-order valence-corrected chi connectivity index (χ1v) is 5.78. The van der Waals surface area contributed by atoms with Crippen LogP contribution in [0.3, 0.4) is 0 Å². The Balaban J connectivity index is 2.25. The molecule has 0 N–H and O–H groups in total. The van der Waals surface area contributed by atoms with E-state index < -0.39 is 0 Å². The molecule has 0 aromatic carbocycles. The third-order valence-electron chi connectivity index (χ3n) is 1.05. The van der Waals surface area contributed by atoms with Crippen LogP contribution in [0.1, 0.15) is 12.8 Å². The van der Waals surface area contributed by atoms with Gasteiger partial charge in [-0.1, -0.05) is 0 Å². The summed E-state index contributed by atoms with van der Waals surface area (Å²) >= 11 is 0.321. The Morgan fingerprint density at radius 3 is 2.14 bits per heavy atom. The standard InChI is InChI=1S/C5H8OTe/c6-5-1-3-7-4-2-5/h1-4H2. The van der Waals surface area contributed by atoms with Crippen molar-refractivity contribution in [1.29, 1.82) is 0 Å². The predicted octanol–water partition coefficient (Wildman–Crippen LogP) is 0.890. The average molecular weight is 212 g/mol. The van der Waals surface area contributed by atoms with E-state index in [1.165, 1.54) is 8.94 Å². The molecule has 0 unspecified atom stereocenters. The third kappa shape index (κ3) is 1.80. The van der Waals surface area contributed by atoms with E-state index in [-0.39, 0.29) is 0 Å². The molecule has 1 heterocycles. The zero-order chi connectivity index (χ0) is 5.11. The van der Waals surface area contributed by atoms with Crippen molar-refractivity contribution in [2.75, 3.05) is 0 Å². The maximum atomic E-state index is 10.5. The van der Waals surface area contributed by atoms with E-state index in [0.717, 1.165) is 12.8 Å². The van der Waals surface area contributed by atoms with Crippen LogP contribution < -0.4 is 0 Å². The number of carbonyl (C=O) groups is 1. The number of hydrogen-bond donors (Lipinski definition) is 0. The molecule has 0 atom stereocenters. The van der Waals surface area contributed by atoms with E-state index in [2.05, 4.69) is 0 Å².